The minimum absolute atomic E-state index is 0.0943. The molecule has 3 aromatic carbocycles. The number of anilines is 2. The number of rotatable bonds is 10. The lowest BCUT2D eigenvalue weighted by molar-refractivity contribution is -0.119. The van der Waals surface area contributed by atoms with Crippen molar-refractivity contribution in [1.29, 1.82) is 0 Å². The first kappa shape index (κ1) is 24.5. The fourth-order valence-electron chi connectivity index (χ4n) is 3.29. The van der Waals surface area contributed by atoms with E-state index in [1.165, 1.54) is 0 Å². The summed E-state index contributed by atoms with van der Waals surface area (Å²) in [6.45, 7) is 1.53. The Morgan fingerprint density at radius 3 is 2.18 bits per heavy atom. The van der Waals surface area contributed by atoms with Crippen LogP contribution in [0.3, 0.4) is 0 Å². The number of nitrogens with one attached hydrogen (secondary N) is 3. The number of aliphatic hydroxyl groups excluding tert-OH is 1. The molecule has 34 heavy (non-hydrogen) atoms. The van der Waals surface area contributed by atoms with Crippen molar-refractivity contribution in [2.75, 3.05) is 30.4 Å². The lowest BCUT2D eigenvalue weighted by atomic mass is 10.1. The van der Waals surface area contributed by atoms with Gasteiger partial charge in [0.25, 0.3) is 11.8 Å². The molecule has 8 nitrogen and oxygen atoms in total. The summed E-state index contributed by atoms with van der Waals surface area (Å²) in [5.74, 6) is -1.60. The fraction of sp³-hybridized carbons (Fsp3) is 0.192. The van der Waals surface area contributed by atoms with E-state index in [1.807, 2.05) is 37.3 Å². The number of benzene rings is 3. The maximum atomic E-state index is 12.8. The molecule has 0 fully saturated rings. The molecule has 0 aliphatic heterocycles. The van der Waals surface area contributed by atoms with Crippen molar-refractivity contribution in [3.8, 4) is 0 Å². The summed E-state index contributed by atoms with van der Waals surface area (Å²) in [6, 6.07) is 22.6. The van der Waals surface area contributed by atoms with Gasteiger partial charge in [0, 0.05) is 12.2 Å². The van der Waals surface area contributed by atoms with Crippen LogP contribution in [0.25, 0.3) is 0 Å². The lowest BCUT2D eigenvalue weighted by Gasteiger charge is -2.16. The number of carbonyl (C=O) groups is 3. The first-order valence-electron chi connectivity index (χ1n) is 10.8. The summed E-state index contributed by atoms with van der Waals surface area (Å²) in [6.07, 6.45) is 0. The van der Waals surface area contributed by atoms with Gasteiger partial charge in [-0.2, -0.15) is 0 Å². The average molecular weight is 462 g/mol. The standard InChI is InChI=1S/C26H27N3O5/c1-18(19-9-3-2-4-10-19)28-25(32)20-11-5-8-14-23(20)29-24(31)17-34-26(33)21-12-6-7-13-22(21)27-15-16-30/h2-14,18,27,30H,15-17H2,1H3,(H,28,32)(H,29,31). The van der Waals surface area contributed by atoms with Crippen molar-refractivity contribution in [2.45, 2.75) is 13.0 Å². The number of aliphatic hydroxyl groups is 1. The van der Waals surface area contributed by atoms with Gasteiger partial charge in [-0.1, -0.05) is 54.6 Å². The van der Waals surface area contributed by atoms with Gasteiger partial charge < -0.3 is 25.8 Å². The Morgan fingerprint density at radius 2 is 1.47 bits per heavy atom. The number of hydrogen-bond acceptors (Lipinski definition) is 6. The molecule has 1 unspecified atom stereocenters. The summed E-state index contributed by atoms with van der Waals surface area (Å²) < 4.78 is 5.15. The van der Waals surface area contributed by atoms with E-state index >= 15 is 0 Å². The molecule has 2 amide bonds. The molecule has 0 radical (unpaired) electrons. The molecule has 0 aromatic heterocycles. The van der Waals surface area contributed by atoms with Gasteiger partial charge in [-0.05, 0) is 36.8 Å². The molecule has 0 bridgehead atoms. The highest BCUT2D eigenvalue weighted by Crippen LogP contribution is 2.19. The van der Waals surface area contributed by atoms with Crippen molar-refractivity contribution in [1.82, 2.24) is 5.32 Å². The average Bonchev–Trinajstić information content (AvgIpc) is 2.87. The summed E-state index contributed by atoms with van der Waals surface area (Å²) in [7, 11) is 0. The molecule has 0 aliphatic rings. The highest BCUT2D eigenvalue weighted by molar-refractivity contribution is 6.04. The topological polar surface area (TPSA) is 117 Å². The molecule has 0 heterocycles. The van der Waals surface area contributed by atoms with Gasteiger partial charge in [0.05, 0.1) is 29.5 Å². The van der Waals surface area contributed by atoms with Crippen molar-refractivity contribution in [2.24, 2.45) is 0 Å². The molecule has 1 atom stereocenters. The van der Waals surface area contributed by atoms with Gasteiger partial charge in [-0.3, -0.25) is 9.59 Å². The normalized spacial score (nSPS) is 11.2. The van der Waals surface area contributed by atoms with Crippen molar-refractivity contribution in [3.63, 3.8) is 0 Å². The Bertz CT molecular complexity index is 1130. The lowest BCUT2D eigenvalue weighted by Crippen LogP contribution is -2.28. The van der Waals surface area contributed by atoms with Crippen LogP contribution in [0.5, 0.6) is 0 Å². The van der Waals surface area contributed by atoms with Crippen LogP contribution in [0.2, 0.25) is 0 Å². The minimum atomic E-state index is -0.682. The monoisotopic (exact) mass is 461 g/mol. The molecular formula is C26H27N3O5. The quantitative estimate of drug-likeness (QED) is 0.344. The number of amides is 2. The Balaban J connectivity index is 1.61. The van der Waals surface area contributed by atoms with E-state index in [-0.39, 0.29) is 30.7 Å². The SMILES string of the molecule is CC(NC(=O)c1ccccc1NC(=O)COC(=O)c1ccccc1NCCO)c1ccccc1. The fourth-order valence-corrected chi connectivity index (χ4v) is 3.29. The third-order valence-electron chi connectivity index (χ3n) is 5.00. The van der Waals surface area contributed by atoms with Crippen LogP contribution in [-0.2, 0) is 9.53 Å². The highest BCUT2D eigenvalue weighted by atomic mass is 16.5. The highest BCUT2D eigenvalue weighted by Gasteiger charge is 2.18. The zero-order valence-electron chi connectivity index (χ0n) is 18.8. The first-order valence-corrected chi connectivity index (χ1v) is 10.8. The second-order valence-electron chi connectivity index (χ2n) is 7.47. The van der Waals surface area contributed by atoms with E-state index in [0.29, 0.717) is 16.9 Å². The van der Waals surface area contributed by atoms with Crippen LogP contribution in [0, 0.1) is 0 Å². The Labute approximate surface area is 198 Å². The Hall–Kier alpha value is -4.17. The molecule has 0 spiro atoms. The third kappa shape index (κ3) is 6.66. The maximum Gasteiger partial charge on any atom is 0.340 e. The summed E-state index contributed by atoms with van der Waals surface area (Å²) in [5.41, 5.74) is 2.31. The van der Waals surface area contributed by atoms with Crippen molar-refractivity contribution >= 4 is 29.2 Å². The molecule has 0 saturated carbocycles. The summed E-state index contributed by atoms with van der Waals surface area (Å²) in [4.78, 5) is 37.7. The summed E-state index contributed by atoms with van der Waals surface area (Å²) >= 11 is 0. The van der Waals surface area contributed by atoms with E-state index in [2.05, 4.69) is 16.0 Å². The van der Waals surface area contributed by atoms with Gasteiger partial charge in [-0.15, -0.1) is 0 Å². The van der Waals surface area contributed by atoms with Crippen LogP contribution >= 0.6 is 0 Å². The van der Waals surface area contributed by atoms with E-state index in [4.69, 9.17) is 9.84 Å². The molecule has 4 N–H and O–H groups in total. The zero-order chi connectivity index (χ0) is 24.3. The molecule has 0 aliphatic carbocycles. The molecular weight excluding hydrogens is 434 g/mol. The molecule has 0 saturated heterocycles. The van der Waals surface area contributed by atoms with Crippen LogP contribution in [0.15, 0.2) is 78.9 Å². The zero-order valence-corrected chi connectivity index (χ0v) is 18.8. The molecule has 3 rings (SSSR count). The van der Waals surface area contributed by atoms with E-state index < -0.39 is 18.5 Å². The molecule has 8 heteroatoms. The molecule has 3 aromatic rings. The molecule has 176 valence electrons. The number of hydrogen-bond donors (Lipinski definition) is 4. The first-order chi connectivity index (χ1) is 16.5. The van der Waals surface area contributed by atoms with Crippen LogP contribution in [0.4, 0.5) is 11.4 Å². The predicted molar refractivity (Wildman–Crippen MR) is 130 cm³/mol. The largest absolute Gasteiger partial charge is 0.452 e. The van der Waals surface area contributed by atoms with Crippen LogP contribution < -0.4 is 16.0 Å². The third-order valence-corrected chi connectivity index (χ3v) is 5.00. The number of ether oxygens (including phenoxy) is 1. The van der Waals surface area contributed by atoms with Gasteiger partial charge in [-0.25, -0.2) is 4.79 Å². The van der Waals surface area contributed by atoms with Gasteiger partial charge in [0.15, 0.2) is 6.61 Å². The van der Waals surface area contributed by atoms with Gasteiger partial charge >= 0.3 is 5.97 Å². The van der Waals surface area contributed by atoms with Gasteiger partial charge in [0.2, 0.25) is 0 Å². The van der Waals surface area contributed by atoms with Gasteiger partial charge in [0.1, 0.15) is 0 Å². The van der Waals surface area contributed by atoms with Crippen molar-refractivity contribution < 1.29 is 24.2 Å². The Kier molecular flexibility index (Phi) is 8.76. The second kappa shape index (κ2) is 12.2. The van der Waals surface area contributed by atoms with Crippen LogP contribution in [-0.4, -0.2) is 42.6 Å². The van der Waals surface area contributed by atoms with E-state index in [0.717, 1.165) is 5.56 Å². The maximum absolute atomic E-state index is 12.8. The predicted octanol–water partition coefficient (Wildman–Crippen LogP) is 3.38. The number of para-hydroxylation sites is 2. The van der Waals surface area contributed by atoms with E-state index in [1.54, 1.807) is 48.5 Å². The van der Waals surface area contributed by atoms with Crippen molar-refractivity contribution in [3.05, 3.63) is 95.6 Å². The Morgan fingerprint density at radius 1 is 0.853 bits per heavy atom. The smallest absolute Gasteiger partial charge is 0.340 e. The number of esters is 1. The number of carbonyl (C=O) groups excluding carboxylic acids is 3. The van der Waals surface area contributed by atoms with Crippen LogP contribution in [0.1, 0.15) is 39.2 Å². The minimum Gasteiger partial charge on any atom is -0.452 e. The second-order valence-corrected chi connectivity index (χ2v) is 7.47. The van der Waals surface area contributed by atoms with E-state index in [9.17, 15) is 14.4 Å². The summed E-state index contributed by atoms with van der Waals surface area (Å²) in [5, 5.41) is 17.5.